The Hall–Kier alpha value is -1.45. The Kier molecular flexibility index (Phi) is 4.64. The topological polar surface area (TPSA) is 114 Å². The van der Waals surface area contributed by atoms with Gasteiger partial charge < -0.3 is 15.0 Å². The molecule has 1 saturated heterocycles. The summed E-state index contributed by atoms with van der Waals surface area (Å²) in [6.45, 7) is 5.05. The van der Waals surface area contributed by atoms with E-state index in [2.05, 4.69) is 4.98 Å². The van der Waals surface area contributed by atoms with Crippen molar-refractivity contribution in [3.8, 4) is 0 Å². The van der Waals surface area contributed by atoms with Gasteiger partial charge in [0.2, 0.25) is 0 Å². The number of imidazole rings is 1. The Morgan fingerprint density at radius 2 is 2.33 bits per heavy atom. The number of sulfonamides is 1. The van der Waals surface area contributed by atoms with E-state index in [-0.39, 0.29) is 30.6 Å². The number of aryl methyl sites for hydroxylation is 2. The van der Waals surface area contributed by atoms with Gasteiger partial charge in [0, 0.05) is 25.8 Å². The number of rotatable bonds is 5. The van der Waals surface area contributed by atoms with E-state index in [9.17, 15) is 8.42 Å². The highest BCUT2D eigenvalue weighted by Crippen LogP contribution is 2.18. The zero-order valence-corrected chi connectivity index (χ0v) is 13.1. The van der Waals surface area contributed by atoms with Crippen molar-refractivity contribution in [1.82, 2.24) is 13.9 Å². The number of nitrogens with two attached hydrogens (primary N) is 1. The van der Waals surface area contributed by atoms with Crippen molar-refractivity contribution in [2.24, 2.45) is 5.73 Å². The third-order valence-electron chi connectivity index (χ3n) is 3.40. The average molecular weight is 315 g/mol. The van der Waals surface area contributed by atoms with Crippen LogP contribution in [0, 0.1) is 12.3 Å². The highest BCUT2D eigenvalue weighted by Gasteiger charge is 2.33. The zero-order valence-electron chi connectivity index (χ0n) is 12.2. The van der Waals surface area contributed by atoms with Gasteiger partial charge in [0.05, 0.1) is 6.61 Å². The maximum atomic E-state index is 12.6. The molecule has 0 spiro atoms. The van der Waals surface area contributed by atoms with Crippen molar-refractivity contribution >= 4 is 15.9 Å². The van der Waals surface area contributed by atoms with Crippen LogP contribution >= 0.6 is 0 Å². The molecular formula is C12H21N5O3S. The van der Waals surface area contributed by atoms with Gasteiger partial charge in [-0.15, -0.1) is 0 Å². The maximum absolute atomic E-state index is 12.6. The van der Waals surface area contributed by atoms with E-state index in [1.54, 1.807) is 13.1 Å². The highest BCUT2D eigenvalue weighted by atomic mass is 32.2. The number of hydrogen-bond acceptors (Lipinski definition) is 5. The van der Waals surface area contributed by atoms with Gasteiger partial charge in [-0.05, 0) is 13.3 Å². The molecule has 2 rings (SSSR count). The molecule has 0 aromatic carbocycles. The fourth-order valence-electron chi connectivity index (χ4n) is 2.24. The summed E-state index contributed by atoms with van der Waals surface area (Å²) >= 11 is 0. The average Bonchev–Trinajstić information content (AvgIpc) is 2.81. The second-order valence-electron chi connectivity index (χ2n) is 5.00. The van der Waals surface area contributed by atoms with Crippen LogP contribution in [0.25, 0.3) is 0 Å². The summed E-state index contributed by atoms with van der Waals surface area (Å²) < 4.78 is 33.6. The third-order valence-corrected chi connectivity index (χ3v) is 5.14. The molecule has 0 bridgehead atoms. The standard InChI is InChI=1S/C12H21N5O3S/c1-3-4-16-8-11(15-9(16)2)21(18,19)17-5-6-20-10(7-17)12(13)14/h8,10H,3-7H2,1-2H3,(H3,13,14). The van der Waals surface area contributed by atoms with Crippen molar-refractivity contribution in [2.75, 3.05) is 19.7 Å². The van der Waals surface area contributed by atoms with E-state index in [1.165, 1.54) is 4.31 Å². The summed E-state index contributed by atoms with van der Waals surface area (Å²) in [5.74, 6) is 0.509. The molecule has 1 atom stereocenters. The lowest BCUT2D eigenvalue weighted by Gasteiger charge is -2.30. The molecule has 0 aliphatic carbocycles. The first-order chi connectivity index (χ1) is 9.86. The molecular weight excluding hydrogens is 294 g/mol. The Morgan fingerprint density at radius 3 is 2.95 bits per heavy atom. The first-order valence-corrected chi connectivity index (χ1v) is 8.29. The van der Waals surface area contributed by atoms with Gasteiger partial charge in [0.25, 0.3) is 10.0 Å². The summed E-state index contributed by atoms with van der Waals surface area (Å²) in [6, 6.07) is 0. The van der Waals surface area contributed by atoms with Crippen LogP contribution < -0.4 is 5.73 Å². The molecule has 9 heteroatoms. The van der Waals surface area contributed by atoms with Crippen LogP contribution in [-0.4, -0.2) is 53.9 Å². The summed E-state index contributed by atoms with van der Waals surface area (Å²) in [5.41, 5.74) is 5.40. The molecule has 0 amide bonds. The predicted octanol–water partition coefficient (Wildman–Crippen LogP) is -0.0730. The number of aromatic nitrogens is 2. The molecule has 0 saturated carbocycles. The maximum Gasteiger partial charge on any atom is 0.262 e. The van der Waals surface area contributed by atoms with E-state index < -0.39 is 16.1 Å². The second-order valence-corrected chi connectivity index (χ2v) is 6.88. The number of hydrogen-bond donors (Lipinski definition) is 2. The minimum atomic E-state index is -3.68. The van der Waals surface area contributed by atoms with Gasteiger partial charge in [0.15, 0.2) is 5.03 Å². The molecule has 21 heavy (non-hydrogen) atoms. The molecule has 1 fully saturated rings. The van der Waals surface area contributed by atoms with Gasteiger partial charge >= 0.3 is 0 Å². The number of morpholine rings is 1. The van der Waals surface area contributed by atoms with Gasteiger partial charge in [-0.1, -0.05) is 6.92 Å². The number of amidine groups is 1. The largest absolute Gasteiger partial charge is 0.385 e. The van der Waals surface area contributed by atoms with Crippen molar-refractivity contribution in [2.45, 2.75) is 37.9 Å². The summed E-state index contributed by atoms with van der Waals surface area (Å²) in [4.78, 5) is 4.15. The Balaban J connectivity index is 2.25. The van der Waals surface area contributed by atoms with E-state index in [0.29, 0.717) is 5.82 Å². The molecule has 118 valence electrons. The second kappa shape index (κ2) is 6.12. The van der Waals surface area contributed by atoms with Gasteiger partial charge in [-0.25, -0.2) is 13.4 Å². The zero-order chi connectivity index (χ0) is 15.6. The van der Waals surface area contributed by atoms with Crippen LogP contribution in [0.1, 0.15) is 19.2 Å². The lowest BCUT2D eigenvalue weighted by atomic mass is 10.3. The molecule has 1 unspecified atom stereocenters. The lowest BCUT2D eigenvalue weighted by Crippen LogP contribution is -2.50. The Morgan fingerprint density at radius 1 is 1.62 bits per heavy atom. The normalized spacial score (nSPS) is 20.6. The number of nitrogens with one attached hydrogen (secondary N) is 1. The fraction of sp³-hybridized carbons (Fsp3) is 0.667. The van der Waals surface area contributed by atoms with E-state index in [1.807, 2.05) is 11.5 Å². The molecule has 8 nitrogen and oxygen atoms in total. The first-order valence-electron chi connectivity index (χ1n) is 6.85. The molecule has 1 aromatic heterocycles. The van der Waals surface area contributed by atoms with E-state index in [0.717, 1.165) is 13.0 Å². The first kappa shape index (κ1) is 15.9. The molecule has 3 N–H and O–H groups in total. The minimum Gasteiger partial charge on any atom is -0.385 e. The van der Waals surface area contributed by atoms with Gasteiger partial charge in [0.1, 0.15) is 17.8 Å². The van der Waals surface area contributed by atoms with E-state index >= 15 is 0 Å². The molecule has 2 heterocycles. The quantitative estimate of drug-likeness (QED) is 0.583. The summed E-state index contributed by atoms with van der Waals surface area (Å²) in [7, 11) is -3.68. The number of nitrogens with zero attached hydrogens (tertiary/aromatic N) is 3. The van der Waals surface area contributed by atoms with Crippen LogP contribution in [0.5, 0.6) is 0 Å². The van der Waals surface area contributed by atoms with Crippen LogP contribution in [-0.2, 0) is 21.3 Å². The minimum absolute atomic E-state index is 0.0395. The summed E-state index contributed by atoms with van der Waals surface area (Å²) in [6.07, 6.45) is 1.78. The number of ether oxygens (including phenoxy) is 1. The molecule has 1 aromatic rings. The Labute approximate surface area is 124 Å². The van der Waals surface area contributed by atoms with Crippen molar-refractivity contribution in [3.63, 3.8) is 0 Å². The van der Waals surface area contributed by atoms with Crippen molar-refractivity contribution in [3.05, 3.63) is 12.0 Å². The summed E-state index contributed by atoms with van der Waals surface area (Å²) in [5, 5.41) is 7.43. The van der Waals surface area contributed by atoms with E-state index in [4.69, 9.17) is 15.9 Å². The van der Waals surface area contributed by atoms with Crippen molar-refractivity contribution in [1.29, 1.82) is 5.41 Å². The van der Waals surface area contributed by atoms with Crippen LogP contribution in [0.2, 0.25) is 0 Å². The smallest absolute Gasteiger partial charge is 0.262 e. The van der Waals surface area contributed by atoms with Crippen LogP contribution in [0.4, 0.5) is 0 Å². The lowest BCUT2D eigenvalue weighted by molar-refractivity contribution is 0.0367. The highest BCUT2D eigenvalue weighted by molar-refractivity contribution is 7.89. The van der Waals surface area contributed by atoms with Crippen LogP contribution in [0.15, 0.2) is 11.2 Å². The molecule has 1 aliphatic heterocycles. The fourth-order valence-corrected chi connectivity index (χ4v) is 3.65. The van der Waals surface area contributed by atoms with Crippen molar-refractivity contribution < 1.29 is 13.2 Å². The predicted molar refractivity (Wildman–Crippen MR) is 77.7 cm³/mol. The van der Waals surface area contributed by atoms with Gasteiger partial charge in [-0.3, -0.25) is 5.41 Å². The van der Waals surface area contributed by atoms with Crippen LogP contribution in [0.3, 0.4) is 0 Å². The third kappa shape index (κ3) is 3.25. The SMILES string of the molecule is CCCn1cc(S(=O)(=O)N2CCOC(C(=N)N)C2)nc1C. The molecule has 0 radical (unpaired) electrons. The van der Waals surface area contributed by atoms with Gasteiger partial charge in [-0.2, -0.15) is 4.31 Å². The molecule has 1 aliphatic rings. The monoisotopic (exact) mass is 315 g/mol. The Bertz CT molecular complexity index is 625.